The molecule has 2 saturated heterocycles. The van der Waals surface area contributed by atoms with Gasteiger partial charge in [0.1, 0.15) is 0 Å². The van der Waals surface area contributed by atoms with Crippen LogP contribution in [0, 0.1) is 10.8 Å². The first-order valence-corrected chi connectivity index (χ1v) is 13.1. The van der Waals surface area contributed by atoms with Crippen LogP contribution in [0.2, 0.25) is 0 Å². The zero-order chi connectivity index (χ0) is 22.1. The molecule has 2 aliphatic carbocycles. The number of rotatable bonds is 6. The maximum absolute atomic E-state index is 5.74. The van der Waals surface area contributed by atoms with Gasteiger partial charge in [0.15, 0.2) is 0 Å². The van der Waals surface area contributed by atoms with Crippen molar-refractivity contribution in [2.45, 2.75) is 57.0 Å². The maximum Gasteiger partial charge on any atom is 0.0472 e. The fraction of sp³-hybridized carbons (Fsp3) is 0.586. The molecule has 2 aromatic carbocycles. The van der Waals surface area contributed by atoms with Crippen LogP contribution >= 0.6 is 0 Å². The van der Waals surface area contributed by atoms with Gasteiger partial charge in [-0.25, -0.2) is 0 Å². The second-order valence-electron chi connectivity index (χ2n) is 10.8. The smallest absolute Gasteiger partial charge is 0.0472 e. The highest BCUT2D eigenvalue weighted by Crippen LogP contribution is 2.52. The first kappa shape index (κ1) is 21.8. The number of benzene rings is 2. The van der Waals surface area contributed by atoms with Crippen LogP contribution in [0.25, 0.3) is 0 Å². The molecule has 0 bridgehead atoms. The number of hydrogen-bond acceptors (Lipinski definition) is 4. The van der Waals surface area contributed by atoms with E-state index in [1.165, 1.54) is 49.7 Å². The molecule has 2 unspecified atom stereocenters. The maximum atomic E-state index is 5.74. The lowest BCUT2D eigenvalue weighted by Crippen LogP contribution is -2.42. The first-order chi connectivity index (χ1) is 16.3. The molecule has 0 radical (unpaired) electrons. The zero-order valence-corrected chi connectivity index (χ0v) is 19.8. The van der Waals surface area contributed by atoms with Crippen LogP contribution in [-0.4, -0.2) is 39.5 Å². The molecule has 0 saturated carbocycles. The van der Waals surface area contributed by atoms with E-state index in [0.29, 0.717) is 22.9 Å². The predicted molar refractivity (Wildman–Crippen MR) is 131 cm³/mol. The van der Waals surface area contributed by atoms with E-state index in [4.69, 9.17) is 9.47 Å². The molecule has 2 fully saturated rings. The van der Waals surface area contributed by atoms with Gasteiger partial charge in [-0.3, -0.25) is 0 Å². The molecule has 4 heteroatoms. The highest BCUT2D eigenvalue weighted by atomic mass is 16.5. The lowest BCUT2D eigenvalue weighted by molar-refractivity contribution is -0.00107. The minimum atomic E-state index is 0.339. The summed E-state index contributed by atoms with van der Waals surface area (Å²) in [6, 6.07) is 19.1. The molecule has 176 valence electrons. The van der Waals surface area contributed by atoms with E-state index in [-0.39, 0.29) is 0 Å². The van der Waals surface area contributed by atoms with Crippen LogP contribution in [0.1, 0.15) is 66.4 Å². The summed E-state index contributed by atoms with van der Waals surface area (Å²) in [4.78, 5) is 0. The Balaban J connectivity index is 1.10. The third kappa shape index (κ3) is 3.95. The van der Waals surface area contributed by atoms with E-state index < -0.39 is 0 Å². The Bertz CT molecular complexity index is 884. The minimum Gasteiger partial charge on any atom is -0.381 e. The normalized spacial score (nSPS) is 27.0. The summed E-state index contributed by atoms with van der Waals surface area (Å²) in [6.07, 6.45) is 8.22. The molecule has 2 aliphatic heterocycles. The molecule has 2 N–H and O–H groups in total. The summed E-state index contributed by atoms with van der Waals surface area (Å²) >= 11 is 0. The Labute approximate surface area is 198 Å². The van der Waals surface area contributed by atoms with E-state index in [2.05, 4.69) is 59.2 Å². The molecule has 2 aromatic rings. The van der Waals surface area contributed by atoms with Crippen LogP contribution < -0.4 is 10.6 Å². The van der Waals surface area contributed by atoms with Crippen molar-refractivity contribution in [2.24, 2.45) is 10.8 Å². The Hall–Kier alpha value is -1.72. The summed E-state index contributed by atoms with van der Waals surface area (Å²) in [5, 5.41) is 8.00. The summed E-state index contributed by atoms with van der Waals surface area (Å²) < 4.78 is 11.5. The van der Waals surface area contributed by atoms with E-state index >= 15 is 0 Å². The quantitative estimate of drug-likeness (QED) is 0.629. The molecule has 2 atom stereocenters. The Morgan fingerprint density at radius 1 is 0.636 bits per heavy atom. The molecule has 6 rings (SSSR count). The van der Waals surface area contributed by atoms with Crippen molar-refractivity contribution in [3.8, 4) is 0 Å². The summed E-state index contributed by atoms with van der Waals surface area (Å²) in [7, 11) is 0. The van der Waals surface area contributed by atoms with Gasteiger partial charge < -0.3 is 20.1 Å². The van der Waals surface area contributed by atoms with Crippen molar-refractivity contribution in [2.75, 3.05) is 39.5 Å². The van der Waals surface area contributed by atoms with Gasteiger partial charge in [0.25, 0.3) is 0 Å². The molecule has 0 amide bonds. The average Bonchev–Trinajstić information content (AvgIpc) is 3.31. The Morgan fingerprint density at radius 2 is 1.06 bits per heavy atom. The number of fused-ring (bicyclic) bond motifs is 2. The van der Waals surface area contributed by atoms with E-state index in [0.717, 1.165) is 45.9 Å². The number of ether oxygens (including phenoxy) is 2. The summed E-state index contributed by atoms with van der Waals surface area (Å²) in [5.41, 5.74) is 6.81. The third-order valence-corrected chi connectivity index (χ3v) is 9.07. The third-order valence-electron chi connectivity index (χ3n) is 9.07. The lowest BCUT2D eigenvalue weighted by atomic mass is 9.74. The second kappa shape index (κ2) is 9.14. The van der Waals surface area contributed by atoms with Gasteiger partial charge >= 0.3 is 0 Å². The van der Waals surface area contributed by atoms with Crippen molar-refractivity contribution >= 4 is 0 Å². The van der Waals surface area contributed by atoms with Crippen molar-refractivity contribution in [1.29, 1.82) is 0 Å². The monoisotopic (exact) mass is 446 g/mol. The topological polar surface area (TPSA) is 42.5 Å². The molecule has 2 spiro atoms. The Morgan fingerprint density at radius 3 is 1.52 bits per heavy atom. The summed E-state index contributed by atoms with van der Waals surface area (Å²) in [6.45, 7) is 5.72. The largest absolute Gasteiger partial charge is 0.381 e. The average molecular weight is 447 g/mol. The van der Waals surface area contributed by atoms with Crippen molar-refractivity contribution < 1.29 is 9.47 Å². The molecular weight excluding hydrogens is 408 g/mol. The SMILES string of the molecule is c1ccc2c(c1)CC1(CCOCC1)C2NCCCNC1c2ccccc2CC12CCOCC2. The molecule has 4 nitrogen and oxygen atoms in total. The predicted octanol–water partition coefficient (Wildman–Crippen LogP) is 4.74. The van der Waals surface area contributed by atoms with Crippen LogP contribution in [0.5, 0.6) is 0 Å². The minimum absolute atomic E-state index is 0.339. The molecule has 4 aliphatic rings. The van der Waals surface area contributed by atoms with Gasteiger partial charge in [-0.2, -0.15) is 0 Å². The van der Waals surface area contributed by atoms with Crippen LogP contribution in [0.15, 0.2) is 48.5 Å². The molecule has 33 heavy (non-hydrogen) atoms. The van der Waals surface area contributed by atoms with Gasteiger partial charge in [-0.05, 0) is 91.1 Å². The van der Waals surface area contributed by atoms with Crippen molar-refractivity contribution in [3.63, 3.8) is 0 Å². The fourth-order valence-electron chi connectivity index (χ4n) is 7.30. The molecule has 0 aromatic heterocycles. The van der Waals surface area contributed by atoms with Crippen molar-refractivity contribution in [1.82, 2.24) is 10.6 Å². The highest BCUT2D eigenvalue weighted by Gasteiger charge is 2.47. The summed E-state index contributed by atoms with van der Waals surface area (Å²) in [5.74, 6) is 0. The highest BCUT2D eigenvalue weighted by molar-refractivity contribution is 5.39. The fourth-order valence-corrected chi connectivity index (χ4v) is 7.30. The van der Waals surface area contributed by atoms with Gasteiger partial charge in [-0.1, -0.05) is 48.5 Å². The van der Waals surface area contributed by atoms with Gasteiger partial charge in [0.2, 0.25) is 0 Å². The molecular formula is C29H38N2O2. The molecule has 2 heterocycles. The number of nitrogens with one attached hydrogen (secondary N) is 2. The van der Waals surface area contributed by atoms with Gasteiger partial charge in [-0.15, -0.1) is 0 Å². The van der Waals surface area contributed by atoms with E-state index in [1.54, 1.807) is 11.1 Å². The Kier molecular flexibility index (Phi) is 6.04. The zero-order valence-electron chi connectivity index (χ0n) is 19.8. The lowest BCUT2D eigenvalue weighted by Gasteiger charge is -2.40. The van der Waals surface area contributed by atoms with E-state index in [9.17, 15) is 0 Å². The van der Waals surface area contributed by atoms with Gasteiger partial charge in [0, 0.05) is 38.5 Å². The standard InChI is InChI=1S/C29H38N2O2/c1-3-8-24-22(6-1)20-28(10-16-32-17-11-28)26(24)30-14-5-15-31-27-25-9-4-2-7-23(25)21-29(27)12-18-33-19-13-29/h1-4,6-9,26-27,30-31H,5,10-21H2. The van der Waals surface area contributed by atoms with E-state index in [1.807, 2.05) is 0 Å². The van der Waals surface area contributed by atoms with Crippen molar-refractivity contribution in [3.05, 3.63) is 70.8 Å². The van der Waals surface area contributed by atoms with Crippen LogP contribution in [0.3, 0.4) is 0 Å². The van der Waals surface area contributed by atoms with Gasteiger partial charge in [0.05, 0.1) is 0 Å². The number of hydrogen-bond donors (Lipinski definition) is 2. The van der Waals surface area contributed by atoms with Crippen LogP contribution in [-0.2, 0) is 22.3 Å². The van der Waals surface area contributed by atoms with Crippen LogP contribution in [0.4, 0.5) is 0 Å². The second-order valence-corrected chi connectivity index (χ2v) is 10.8. The first-order valence-electron chi connectivity index (χ1n) is 13.1.